The molecule has 0 spiro atoms. The molecule has 0 saturated heterocycles. The number of halogens is 2. The van der Waals surface area contributed by atoms with Gasteiger partial charge in [-0.25, -0.2) is 19.1 Å². The fourth-order valence-corrected chi connectivity index (χ4v) is 4.64. The average molecular weight is 542 g/mol. The number of hydrogen-bond donors (Lipinski definition) is 4. The highest BCUT2D eigenvalue weighted by Crippen LogP contribution is 2.57. The molecule has 1 unspecified atom stereocenters. The van der Waals surface area contributed by atoms with Gasteiger partial charge in [0.2, 0.25) is 5.51 Å². The molecular formula is C12H20BrClN4O7P2S. The van der Waals surface area contributed by atoms with Crippen molar-refractivity contribution in [3.05, 3.63) is 33.7 Å². The zero-order valence-corrected chi connectivity index (χ0v) is 19.8. The van der Waals surface area contributed by atoms with Gasteiger partial charge in [0.25, 0.3) is 0 Å². The number of aryl methyl sites for hydroxylation is 1. The normalized spacial score (nSPS) is 13.3. The van der Waals surface area contributed by atoms with Gasteiger partial charge >= 0.3 is 15.6 Å². The van der Waals surface area contributed by atoms with Crippen LogP contribution in [0, 0.1) is 13.8 Å². The lowest BCUT2D eigenvalue weighted by Gasteiger charge is -2.11. The second-order valence-corrected chi connectivity index (χ2v) is 9.08. The van der Waals surface area contributed by atoms with Crippen LogP contribution in [0.5, 0.6) is 0 Å². The summed E-state index contributed by atoms with van der Waals surface area (Å²) in [5, 5.41) is 0. The van der Waals surface area contributed by atoms with E-state index >= 15 is 0 Å². The lowest BCUT2D eigenvalue weighted by molar-refractivity contribution is -0.689. The summed E-state index contributed by atoms with van der Waals surface area (Å²) in [6.45, 7) is 3.83. The van der Waals surface area contributed by atoms with E-state index in [9.17, 15) is 14.0 Å². The predicted molar refractivity (Wildman–Crippen MR) is 102 cm³/mol. The Bertz CT molecular complexity index is 897. The van der Waals surface area contributed by atoms with E-state index in [1.807, 2.05) is 17.0 Å². The summed E-state index contributed by atoms with van der Waals surface area (Å²) in [6.07, 6.45) is 1.92. The van der Waals surface area contributed by atoms with Crippen LogP contribution in [-0.4, -0.2) is 31.3 Å². The third-order valence-corrected chi connectivity index (χ3v) is 6.64. The monoisotopic (exact) mass is 540 g/mol. The second-order valence-electron chi connectivity index (χ2n) is 5.31. The van der Waals surface area contributed by atoms with Gasteiger partial charge in [-0.05, 0) is 6.92 Å². The Hall–Kier alpha value is -0.460. The predicted octanol–water partition coefficient (Wildman–Crippen LogP) is -1.58. The molecule has 2 aromatic rings. The van der Waals surface area contributed by atoms with Crippen molar-refractivity contribution in [1.82, 2.24) is 9.97 Å². The van der Waals surface area contributed by atoms with Gasteiger partial charge in [0.1, 0.15) is 11.6 Å². The van der Waals surface area contributed by atoms with Crippen LogP contribution in [0.25, 0.3) is 0 Å². The molecule has 0 fully saturated rings. The van der Waals surface area contributed by atoms with Gasteiger partial charge in [-0.15, -0.1) is 17.0 Å². The molecule has 16 heteroatoms. The molecule has 0 aliphatic rings. The largest absolute Gasteiger partial charge is 1.00 e. The third kappa shape index (κ3) is 8.50. The SMILES string of the molecule is Br.Cc1ncc(C[n+]2csc(CCOP(=O)(O)OP(=O)(O)O)c2C)c(N)n1.[Cl-]. The van der Waals surface area contributed by atoms with E-state index in [1.54, 1.807) is 13.1 Å². The molecule has 11 nitrogen and oxygen atoms in total. The Morgan fingerprint density at radius 2 is 1.93 bits per heavy atom. The molecule has 0 amide bonds. The number of aromatic nitrogens is 3. The second kappa shape index (κ2) is 11.1. The van der Waals surface area contributed by atoms with Gasteiger partial charge in [-0.1, -0.05) is 11.3 Å². The van der Waals surface area contributed by atoms with Crippen LogP contribution in [0.4, 0.5) is 5.82 Å². The highest BCUT2D eigenvalue weighted by Gasteiger charge is 2.32. The smallest absolute Gasteiger partial charge is 0.481 e. The molecule has 1 atom stereocenters. The van der Waals surface area contributed by atoms with Gasteiger partial charge in [0.15, 0.2) is 12.2 Å². The molecule has 2 heterocycles. The highest BCUT2D eigenvalue weighted by atomic mass is 79.9. The van der Waals surface area contributed by atoms with Crippen LogP contribution >= 0.6 is 44.0 Å². The Kier molecular flexibility index (Phi) is 10.9. The maximum absolute atomic E-state index is 11.4. The minimum Gasteiger partial charge on any atom is -1.00 e. The number of phosphoric ester groups is 1. The van der Waals surface area contributed by atoms with E-state index in [4.69, 9.17) is 15.5 Å². The molecule has 5 N–H and O–H groups in total. The van der Waals surface area contributed by atoms with Crippen molar-refractivity contribution in [2.45, 2.75) is 26.8 Å². The third-order valence-electron chi connectivity index (χ3n) is 3.31. The number of thiazole rings is 1. The molecule has 0 saturated carbocycles. The highest BCUT2D eigenvalue weighted by molar-refractivity contribution is 8.93. The van der Waals surface area contributed by atoms with Crippen molar-refractivity contribution in [1.29, 1.82) is 0 Å². The number of hydrogen-bond acceptors (Lipinski definition) is 8. The van der Waals surface area contributed by atoms with Crippen LogP contribution in [0.3, 0.4) is 0 Å². The van der Waals surface area contributed by atoms with E-state index in [-0.39, 0.29) is 42.4 Å². The van der Waals surface area contributed by atoms with E-state index in [2.05, 4.69) is 18.8 Å². The standard InChI is InChI=1S/C12H18N4O7P2S.BrH.ClH/c1-8-11(3-4-22-25(20,21)23-24(17,18)19)26-7-16(8)6-10-5-14-9(2)15-12(10)13;;/h5,7H,3-4,6H2,1-2H3,(H4-,13,14,15,17,18,19,20,21);2*1H. The summed E-state index contributed by atoms with van der Waals surface area (Å²) in [7, 11) is -9.94. The number of phosphoric acid groups is 2. The van der Waals surface area contributed by atoms with Crippen molar-refractivity contribution in [3.8, 4) is 0 Å². The quantitative estimate of drug-likeness (QED) is 0.226. The summed E-state index contributed by atoms with van der Waals surface area (Å²) in [6, 6.07) is 0. The number of nitrogen functional groups attached to an aromatic ring is 1. The van der Waals surface area contributed by atoms with Crippen LogP contribution in [0.2, 0.25) is 0 Å². The first-order valence-corrected chi connectivity index (χ1v) is 11.2. The van der Waals surface area contributed by atoms with Crippen LogP contribution in [-0.2, 0) is 30.9 Å². The lowest BCUT2D eigenvalue weighted by Crippen LogP contribution is -3.00. The number of anilines is 1. The van der Waals surface area contributed by atoms with Gasteiger partial charge in [-0.2, -0.15) is 8.88 Å². The van der Waals surface area contributed by atoms with E-state index in [0.29, 0.717) is 18.2 Å². The Labute approximate surface area is 182 Å². The summed E-state index contributed by atoms with van der Waals surface area (Å²) in [5.74, 6) is 0.985. The zero-order chi connectivity index (χ0) is 19.5. The molecule has 0 aromatic carbocycles. The first-order chi connectivity index (χ1) is 12.0. The molecule has 160 valence electrons. The maximum Gasteiger partial charge on any atom is 0.481 e. The van der Waals surface area contributed by atoms with Gasteiger partial charge < -0.3 is 32.8 Å². The zero-order valence-electron chi connectivity index (χ0n) is 14.8. The van der Waals surface area contributed by atoms with Gasteiger partial charge in [-0.3, -0.25) is 4.52 Å². The number of rotatable bonds is 8. The maximum atomic E-state index is 11.4. The fraction of sp³-hybridized carbons (Fsp3) is 0.417. The Morgan fingerprint density at radius 1 is 1.29 bits per heavy atom. The van der Waals surface area contributed by atoms with Crippen molar-refractivity contribution >= 4 is 49.8 Å². The lowest BCUT2D eigenvalue weighted by atomic mass is 10.2. The van der Waals surface area contributed by atoms with Gasteiger partial charge in [0.05, 0.1) is 17.0 Å². The molecule has 0 bridgehead atoms. The van der Waals surface area contributed by atoms with E-state index in [0.717, 1.165) is 16.1 Å². The fourth-order valence-electron chi connectivity index (χ4n) is 2.08. The minimum atomic E-state index is -5.12. The van der Waals surface area contributed by atoms with E-state index in [1.165, 1.54) is 11.3 Å². The molecule has 0 aliphatic heterocycles. The first-order valence-electron chi connectivity index (χ1n) is 7.25. The van der Waals surface area contributed by atoms with Crippen LogP contribution in [0.1, 0.15) is 22.0 Å². The number of nitrogens with zero attached hydrogens (tertiary/aromatic N) is 3. The molecule has 0 aliphatic carbocycles. The summed E-state index contributed by atoms with van der Waals surface area (Å²) >= 11 is 1.40. The van der Waals surface area contributed by atoms with Crippen molar-refractivity contribution in [2.24, 2.45) is 0 Å². The van der Waals surface area contributed by atoms with Crippen LogP contribution in [0.15, 0.2) is 11.7 Å². The van der Waals surface area contributed by atoms with Crippen molar-refractivity contribution in [3.63, 3.8) is 0 Å². The Balaban J connectivity index is 0.00000364. The summed E-state index contributed by atoms with van der Waals surface area (Å²) in [5.41, 5.74) is 9.40. The van der Waals surface area contributed by atoms with E-state index < -0.39 is 15.6 Å². The molecule has 0 radical (unpaired) electrons. The molecule has 28 heavy (non-hydrogen) atoms. The average Bonchev–Trinajstić information content (AvgIpc) is 2.80. The minimum absolute atomic E-state index is 0. The summed E-state index contributed by atoms with van der Waals surface area (Å²) < 4.78 is 32.2. The van der Waals surface area contributed by atoms with Crippen LogP contribution < -0.4 is 22.7 Å². The first kappa shape index (κ1) is 27.5. The number of nitrogens with two attached hydrogens (primary N) is 1. The Morgan fingerprint density at radius 3 is 2.50 bits per heavy atom. The van der Waals surface area contributed by atoms with Crippen molar-refractivity contribution in [2.75, 3.05) is 12.3 Å². The van der Waals surface area contributed by atoms with Crippen molar-refractivity contribution < 1.29 is 49.6 Å². The topological polar surface area (TPSA) is 169 Å². The molecule has 2 rings (SSSR count). The van der Waals surface area contributed by atoms with Gasteiger partial charge in [0, 0.05) is 19.5 Å². The molecule has 2 aromatic heterocycles. The molecular weight excluding hydrogens is 522 g/mol. The summed E-state index contributed by atoms with van der Waals surface area (Å²) in [4.78, 5) is 35.4.